The first-order valence-corrected chi connectivity index (χ1v) is 14.8. The molecular formula is C23H35N3O2Si. The van der Waals surface area contributed by atoms with Crippen LogP contribution in [0.25, 0.3) is 10.9 Å². The summed E-state index contributed by atoms with van der Waals surface area (Å²) in [5.41, 5.74) is 2.21. The second-order valence-corrected chi connectivity index (χ2v) is 15.9. The van der Waals surface area contributed by atoms with Crippen molar-refractivity contribution < 1.29 is 9.53 Å². The lowest BCUT2D eigenvalue weighted by atomic mass is 9.65. The van der Waals surface area contributed by atoms with E-state index in [2.05, 4.69) is 42.9 Å². The summed E-state index contributed by atoms with van der Waals surface area (Å²) < 4.78 is 7.84. The number of benzene rings is 1. The molecule has 5 nitrogen and oxygen atoms in total. The third-order valence-corrected chi connectivity index (χ3v) is 8.62. The number of rotatable bonds is 6. The Balaban J connectivity index is 1.53. The van der Waals surface area contributed by atoms with Crippen molar-refractivity contribution in [1.82, 2.24) is 14.7 Å². The van der Waals surface area contributed by atoms with Gasteiger partial charge in [-0.1, -0.05) is 45.0 Å². The maximum atomic E-state index is 13.0. The summed E-state index contributed by atoms with van der Waals surface area (Å²) in [6.45, 7) is 9.23. The van der Waals surface area contributed by atoms with Crippen LogP contribution in [0.4, 0.5) is 0 Å². The van der Waals surface area contributed by atoms with Crippen LogP contribution in [0.1, 0.15) is 43.6 Å². The summed E-state index contributed by atoms with van der Waals surface area (Å²) >= 11 is 0. The first kappa shape index (κ1) is 20.6. The lowest BCUT2D eigenvalue weighted by Crippen LogP contribution is -2.36. The standard InChI is InChI=1S/C23H35N3O2Si/c1-25-16-20(23(22(25)27)10-6-5-7-11-23)18-8-9-21-19(14-18)15-24-26(21)17-28-12-13-29(2,3)4/h8-9,14-15,20H,5-7,10-13,16-17H2,1-4H3. The molecule has 1 aromatic carbocycles. The molecule has 1 aliphatic carbocycles. The van der Waals surface area contributed by atoms with Gasteiger partial charge in [0.15, 0.2) is 0 Å². The Labute approximate surface area is 175 Å². The second kappa shape index (κ2) is 7.87. The molecule has 1 atom stereocenters. The largest absolute Gasteiger partial charge is 0.360 e. The van der Waals surface area contributed by atoms with Gasteiger partial charge in [-0.25, -0.2) is 4.68 Å². The van der Waals surface area contributed by atoms with Crippen LogP contribution in [0.2, 0.25) is 25.7 Å². The number of amides is 1. The van der Waals surface area contributed by atoms with Crippen LogP contribution in [0.3, 0.4) is 0 Å². The molecule has 0 bridgehead atoms. The summed E-state index contributed by atoms with van der Waals surface area (Å²) in [5, 5.41) is 5.70. The topological polar surface area (TPSA) is 47.4 Å². The Hall–Kier alpha value is -1.66. The summed E-state index contributed by atoms with van der Waals surface area (Å²) in [4.78, 5) is 15.0. The molecule has 0 radical (unpaired) electrons. The monoisotopic (exact) mass is 413 g/mol. The fraction of sp³-hybridized carbons (Fsp3) is 0.652. The molecular weight excluding hydrogens is 378 g/mol. The Morgan fingerprint density at radius 1 is 1.21 bits per heavy atom. The van der Waals surface area contributed by atoms with Gasteiger partial charge in [0.2, 0.25) is 5.91 Å². The van der Waals surface area contributed by atoms with Gasteiger partial charge in [0.25, 0.3) is 0 Å². The highest BCUT2D eigenvalue weighted by Gasteiger charge is 2.53. The predicted octanol–water partition coefficient (Wildman–Crippen LogP) is 4.85. The number of likely N-dealkylation sites (N-methyl/N-ethyl adjacent to an activating group) is 1. The van der Waals surface area contributed by atoms with E-state index in [0.717, 1.165) is 36.9 Å². The number of hydrogen-bond donors (Lipinski definition) is 0. The quantitative estimate of drug-likeness (QED) is 0.502. The molecule has 29 heavy (non-hydrogen) atoms. The highest BCUT2D eigenvalue weighted by Crippen LogP contribution is 2.52. The van der Waals surface area contributed by atoms with Gasteiger partial charge in [-0.15, -0.1) is 0 Å². The van der Waals surface area contributed by atoms with E-state index in [4.69, 9.17) is 4.74 Å². The molecule has 6 heteroatoms. The summed E-state index contributed by atoms with van der Waals surface area (Å²) in [7, 11) is 0.893. The van der Waals surface area contributed by atoms with Crippen LogP contribution in [-0.4, -0.2) is 48.9 Å². The average molecular weight is 414 g/mol. The molecule has 1 amide bonds. The van der Waals surface area contributed by atoms with Gasteiger partial charge in [0.05, 0.1) is 17.1 Å². The molecule has 1 saturated heterocycles. The van der Waals surface area contributed by atoms with Crippen molar-refractivity contribution in [2.75, 3.05) is 20.2 Å². The first-order valence-electron chi connectivity index (χ1n) is 11.1. The van der Waals surface area contributed by atoms with E-state index in [1.165, 1.54) is 30.9 Å². The molecule has 1 spiro atoms. The maximum absolute atomic E-state index is 13.0. The van der Waals surface area contributed by atoms with Crippen LogP contribution in [0.5, 0.6) is 0 Å². The van der Waals surface area contributed by atoms with Gasteiger partial charge in [0.1, 0.15) is 6.73 Å². The number of carbonyl (C=O) groups excluding carboxylic acids is 1. The molecule has 1 aliphatic heterocycles. The van der Waals surface area contributed by atoms with E-state index in [1.807, 2.05) is 22.8 Å². The van der Waals surface area contributed by atoms with Crippen molar-refractivity contribution in [2.45, 2.75) is 70.4 Å². The van der Waals surface area contributed by atoms with Gasteiger partial charge in [-0.2, -0.15) is 5.10 Å². The van der Waals surface area contributed by atoms with Crippen LogP contribution in [0.15, 0.2) is 24.4 Å². The Morgan fingerprint density at radius 3 is 2.69 bits per heavy atom. The zero-order chi connectivity index (χ0) is 20.6. The molecule has 2 heterocycles. The molecule has 1 saturated carbocycles. The summed E-state index contributed by atoms with van der Waals surface area (Å²) in [5.74, 6) is 0.648. The van der Waals surface area contributed by atoms with Gasteiger partial charge in [-0.3, -0.25) is 4.79 Å². The number of hydrogen-bond acceptors (Lipinski definition) is 3. The third kappa shape index (κ3) is 4.01. The number of likely N-dealkylation sites (tertiary alicyclic amines) is 1. The smallest absolute Gasteiger partial charge is 0.229 e. The summed E-state index contributed by atoms with van der Waals surface area (Å²) in [6.07, 6.45) is 7.60. The van der Waals surface area contributed by atoms with Crippen molar-refractivity contribution in [3.05, 3.63) is 30.0 Å². The zero-order valence-electron chi connectivity index (χ0n) is 18.4. The average Bonchev–Trinajstić information content (AvgIpc) is 3.19. The number of ether oxygens (including phenoxy) is 1. The van der Waals surface area contributed by atoms with Crippen molar-refractivity contribution in [1.29, 1.82) is 0 Å². The molecule has 2 fully saturated rings. The molecule has 0 N–H and O–H groups in total. The molecule has 1 unspecified atom stereocenters. The van der Waals surface area contributed by atoms with E-state index in [0.29, 0.717) is 18.6 Å². The van der Waals surface area contributed by atoms with Gasteiger partial charge < -0.3 is 9.64 Å². The highest BCUT2D eigenvalue weighted by molar-refractivity contribution is 6.76. The number of nitrogens with zero attached hydrogens (tertiary/aromatic N) is 3. The highest BCUT2D eigenvalue weighted by atomic mass is 28.3. The van der Waals surface area contributed by atoms with Crippen molar-refractivity contribution in [3.8, 4) is 0 Å². The van der Waals surface area contributed by atoms with E-state index in [-0.39, 0.29) is 5.41 Å². The van der Waals surface area contributed by atoms with Gasteiger partial charge >= 0.3 is 0 Å². The molecule has 4 rings (SSSR count). The normalized spacial score (nSPS) is 22.1. The Morgan fingerprint density at radius 2 is 1.97 bits per heavy atom. The Kier molecular flexibility index (Phi) is 5.59. The fourth-order valence-corrected chi connectivity index (χ4v) is 5.94. The van der Waals surface area contributed by atoms with Crippen LogP contribution < -0.4 is 0 Å². The number of aromatic nitrogens is 2. The van der Waals surface area contributed by atoms with E-state index in [9.17, 15) is 4.79 Å². The van der Waals surface area contributed by atoms with Crippen molar-refractivity contribution >= 4 is 24.9 Å². The maximum Gasteiger partial charge on any atom is 0.229 e. The number of carbonyl (C=O) groups is 1. The van der Waals surface area contributed by atoms with E-state index < -0.39 is 8.07 Å². The lowest BCUT2D eigenvalue weighted by Gasteiger charge is -2.36. The third-order valence-electron chi connectivity index (χ3n) is 6.92. The predicted molar refractivity (Wildman–Crippen MR) is 120 cm³/mol. The zero-order valence-corrected chi connectivity index (χ0v) is 19.4. The van der Waals surface area contributed by atoms with Crippen LogP contribution >= 0.6 is 0 Å². The Bertz CT molecular complexity index is 880. The van der Waals surface area contributed by atoms with Crippen molar-refractivity contribution in [3.63, 3.8) is 0 Å². The minimum Gasteiger partial charge on any atom is -0.360 e. The van der Waals surface area contributed by atoms with Gasteiger partial charge in [0, 0.05) is 39.6 Å². The number of fused-ring (bicyclic) bond motifs is 1. The molecule has 2 aliphatic rings. The van der Waals surface area contributed by atoms with Crippen LogP contribution in [-0.2, 0) is 16.3 Å². The van der Waals surface area contributed by atoms with Crippen LogP contribution in [0, 0.1) is 5.41 Å². The molecule has 1 aromatic heterocycles. The summed E-state index contributed by atoms with van der Waals surface area (Å²) in [6, 6.07) is 7.81. The van der Waals surface area contributed by atoms with Crippen molar-refractivity contribution in [2.24, 2.45) is 5.41 Å². The fourth-order valence-electron chi connectivity index (χ4n) is 5.18. The van der Waals surface area contributed by atoms with E-state index >= 15 is 0 Å². The first-order chi connectivity index (χ1) is 13.8. The molecule has 158 valence electrons. The second-order valence-electron chi connectivity index (χ2n) is 10.3. The van der Waals surface area contributed by atoms with E-state index in [1.54, 1.807) is 0 Å². The minimum absolute atomic E-state index is 0.184. The molecule has 2 aromatic rings. The van der Waals surface area contributed by atoms with Gasteiger partial charge in [-0.05, 0) is 36.6 Å². The minimum atomic E-state index is -1.07. The SMILES string of the molecule is CN1CC(c2ccc3c(cnn3COCC[Si](C)(C)C)c2)C2(CCCCC2)C1=O. The lowest BCUT2D eigenvalue weighted by molar-refractivity contribution is -0.136.